The van der Waals surface area contributed by atoms with Crippen LogP contribution in [-0.4, -0.2) is 29.4 Å². The number of anilines is 1. The zero-order valence-corrected chi connectivity index (χ0v) is 15.7. The van der Waals surface area contributed by atoms with E-state index in [1.165, 1.54) is 15.8 Å². The third kappa shape index (κ3) is 3.24. The number of hydrogen-bond donors (Lipinski definition) is 2. The minimum atomic E-state index is -0.499. The van der Waals surface area contributed by atoms with E-state index in [4.69, 9.17) is 11.6 Å². The zero-order chi connectivity index (χ0) is 19.0. The lowest BCUT2D eigenvalue weighted by Gasteiger charge is -2.18. The number of amides is 2. The van der Waals surface area contributed by atoms with E-state index in [-0.39, 0.29) is 18.2 Å². The Morgan fingerprint density at radius 1 is 1.19 bits per heavy atom. The van der Waals surface area contributed by atoms with Crippen molar-refractivity contribution in [3.8, 4) is 0 Å². The molecule has 1 aliphatic heterocycles. The number of nitrogens with one attached hydrogen (secondary N) is 2. The maximum Gasteiger partial charge on any atom is 0.251 e. The molecule has 1 fully saturated rings. The molecule has 1 saturated heterocycles. The van der Waals surface area contributed by atoms with Crippen LogP contribution in [0.3, 0.4) is 0 Å². The van der Waals surface area contributed by atoms with Gasteiger partial charge in [-0.15, -0.1) is 0 Å². The number of halogens is 1. The quantitative estimate of drug-likeness (QED) is 0.664. The summed E-state index contributed by atoms with van der Waals surface area (Å²) >= 11 is 6.14. The molecule has 27 heavy (non-hydrogen) atoms. The van der Waals surface area contributed by atoms with Crippen molar-refractivity contribution in [1.29, 1.82) is 0 Å². The molecule has 3 aromatic rings. The Morgan fingerprint density at radius 2 is 2.00 bits per heavy atom. The first-order chi connectivity index (χ1) is 13.1. The fraction of sp³-hybridized carbons (Fsp3) is 0.238. The summed E-state index contributed by atoms with van der Waals surface area (Å²) in [6, 6.07) is 12.9. The average molecular weight is 382 g/mol. The first-order valence-electron chi connectivity index (χ1n) is 8.96. The Labute approximate surface area is 162 Å². The highest BCUT2D eigenvalue weighted by molar-refractivity contribution is 6.32. The molecule has 2 amide bonds. The molecular formula is C21H20ClN3O2. The van der Waals surface area contributed by atoms with Gasteiger partial charge in [0.1, 0.15) is 0 Å². The van der Waals surface area contributed by atoms with Gasteiger partial charge < -0.3 is 10.3 Å². The van der Waals surface area contributed by atoms with E-state index in [9.17, 15) is 9.59 Å². The van der Waals surface area contributed by atoms with Crippen LogP contribution < -0.4 is 10.2 Å². The summed E-state index contributed by atoms with van der Waals surface area (Å²) < 4.78 is 0. The number of imide groups is 1. The van der Waals surface area contributed by atoms with Gasteiger partial charge in [0.25, 0.3) is 5.91 Å². The Hall–Kier alpha value is -2.63. The summed E-state index contributed by atoms with van der Waals surface area (Å²) in [5, 5.41) is 4.97. The molecule has 2 heterocycles. The van der Waals surface area contributed by atoms with Crippen LogP contribution in [0.4, 0.5) is 5.69 Å². The Morgan fingerprint density at radius 3 is 2.85 bits per heavy atom. The second-order valence-corrected chi connectivity index (χ2v) is 7.18. The van der Waals surface area contributed by atoms with Crippen LogP contribution in [0.1, 0.15) is 17.5 Å². The Kier molecular flexibility index (Phi) is 4.72. The largest absolute Gasteiger partial charge is 0.361 e. The van der Waals surface area contributed by atoms with Gasteiger partial charge in [0.15, 0.2) is 0 Å². The fourth-order valence-electron chi connectivity index (χ4n) is 3.60. The lowest BCUT2D eigenvalue weighted by molar-refractivity contribution is -0.121. The molecule has 0 saturated carbocycles. The second kappa shape index (κ2) is 7.18. The topological polar surface area (TPSA) is 65.2 Å². The second-order valence-electron chi connectivity index (χ2n) is 6.77. The number of fused-ring (bicyclic) bond motifs is 1. The van der Waals surface area contributed by atoms with Crippen molar-refractivity contribution in [2.24, 2.45) is 0 Å². The van der Waals surface area contributed by atoms with Crippen molar-refractivity contribution in [3.63, 3.8) is 0 Å². The van der Waals surface area contributed by atoms with Crippen molar-refractivity contribution >= 4 is 40.0 Å². The van der Waals surface area contributed by atoms with E-state index in [1.807, 2.05) is 31.3 Å². The number of carbonyl (C=O) groups is 2. The molecule has 1 atom stereocenters. The molecule has 6 heteroatoms. The van der Waals surface area contributed by atoms with E-state index in [1.54, 1.807) is 18.2 Å². The minimum absolute atomic E-state index is 0.165. The van der Waals surface area contributed by atoms with E-state index >= 15 is 0 Å². The van der Waals surface area contributed by atoms with Gasteiger partial charge in [0.05, 0.1) is 18.2 Å². The van der Waals surface area contributed by atoms with Gasteiger partial charge in [-0.1, -0.05) is 35.9 Å². The maximum atomic E-state index is 12.8. The van der Waals surface area contributed by atoms with Crippen LogP contribution in [0.15, 0.2) is 48.7 Å². The van der Waals surface area contributed by atoms with Crippen LogP contribution in [-0.2, 0) is 16.0 Å². The lowest BCUT2D eigenvalue weighted by atomic mass is 10.1. The van der Waals surface area contributed by atoms with Crippen molar-refractivity contribution in [1.82, 2.24) is 10.3 Å². The third-order valence-electron chi connectivity index (χ3n) is 5.09. The third-order valence-corrected chi connectivity index (χ3v) is 5.50. The van der Waals surface area contributed by atoms with Crippen LogP contribution >= 0.6 is 11.6 Å². The summed E-state index contributed by atoms with van der Waals surface area (Å²) in [4.78, 5) is 29.7. The standard InChI is InChI=1S/C21H20ClN3O2/c1-13-16(22)6-4-8-19(13)25-20(26)11-18(21(25)27)23-10-9-14-12-24-17-7-3-2-5-15(14)17/h2-8,12,18,23-24H,9-11H2,1H3. The molecule has 1 unspecified atom stereocenters. The number of benzene rings is 2. The van der Waals surface area contributed by atoms with Crippen molar-refractivity contribution < 1.29 is 9.59 Å². The Bertz CT molecular complexity index is 1030. The molecule has 0 radical (unpaired) electrons. The lowest BCUT2D eigenvalue weighted by Crippen LogP contribution is -2.39. The molecule has 0 spiro atoms. The highest BCUT2D eigenvalue weighted by Gasteiger charge is 2.39. The van der Waals surface area contributed by atoms with E-state index < -0.39 is 6.04 Å². The molecule has 2 N–H and O–H groups in total. The molecule has 1 aliphatic rings. The van der Waals surface area contributed by atoms with Crippen LogP contribution in [0, 0.1) is 6.92 Å². The summed E-state index contributed by atoms with van der Waals surface area (Å²) in [7, 11) is 0. The molecule has 138 valence electrons. The van der Waals surface area contributed by atoms with Gasteiger partial charge in [0.2, 0.25) is 5.91 Å². The van der Waals surface area contributed by atoms with E-state index in [2.05, 4.69) is 16.4 Å². The monoisotopic (exact) mass is 381 g/mol. The number of hydrogen-bond acceptors (Lipinski definition) is 3. The number of nitrogens with zero attached hydrogens (tertiary/aromatic N) is 1. The van der Waals surface area contributed by atoms with Gasteiger partial charge in [0, 0.05) is 28.7 Å². The van der Waals surface area contributed by atoms with Crippen LogP contribution in [0.25, 0.3) is 10.9 Å². The molecule has 4 rings (SSSR count). The molecule has 5 nitrogen and oxygen atoms in total. The predicted molar refractivity (Wildman–Crippen MR) is 107 cm³/mol. The zero-order valence-electron chi connectivity index (χ0n) is 15.0. The van der Waals surface area contributed by atoms with E-state index in [0.717, 1.165) is 17.5 Å². The smallest absolute Gasteiger partial charge is 0.251 e. The molecule has 1 aromatic heterocycles. The van der Waals surface area contributed by atoms with Crippen molar-refractivity contribution in [3.05, 3.63) is 64.8 Å². The molecule has 0 bridgehead atoms. The SMILES string of the molecule is Cc1c(Cl)cccc1N1C(=O)CC(NCCc2c[nH]c3ccccc23)C1=O. The normalized spacial score (nSPS) is 17.3. The van der Waals surface area contributed by atoms with Crippen LogP contribution in [0.5, 0.6) is 0 Å². The summed E-state index contributed by atoms with van der Waals surface area (Å²) in [5.74, 6) is -0.417. The molecule has 2 aromatic carbocycles. The summed E-state index contributed by atoms with van der Waals surface area (Å²) in [6.07, 6.45) is 2.94. The van der Waals surface area contributed by atoms with Gasteiger partial charge in [-0.05, 0) is 42.7 Å². The van der Waals surface area contributed by atoms with Gasteiger partial charge in [-0.3, -0.25) is 9.59 Å². The maximum absolute atomic E-state index is 12.8. The fourth-order valence-corrected chi connectivity index (χ4v) is 3.77. The highest BCUT2D eigenvalue weighted by atomic mass is 35.5. The first-order valence-corrected chi connectivity index (χ1v) is 9.34. The summed E-state index contributed by atoms with van der Waals surface area (Å²) in [6.45, 7) is 2.43. The van der Waals surface area contributed by atoms with Crippen molar-refractivity contribution in [2.75, 3.05) is 11.4 Å². The number of para-hydroxylation sites is 1. The van der Waals surface area contributed by atoms with Gasteiger partial charge >= 0.3 is 0 Å². The number of aromatic amines is 1. The Balaban J connectivity index is 1.44. The number of aromatic nitrogens is 1. The number of carbonyl (C=O) groups excluding carboxylic acids is 2. The number of H-pyrrole nitrogens is 1. The highest BCUT2D eigenvalue weighted by Crippen LogP contribution is 2.30. The van der Waals surface area contributed by atoms with Crippen molar-refractivity contribution in [2.45, 2.75) is 25.8 Å². The minimum Gasteiger partial charge on any atom is -0.361 e. The number of rotatable bonds is 5. The van der Waals surface area contributed by atoms with E-state index in [0.29, 0.717) is 17.3 Å². The summed E-state index contributed by atoms with van der Waals surface area (Å²) in [5.41, 5.74) is 3.60. The molecule has 0 aliphatic carbocycles. The van der Waals surface area contributed by atoms with Gasteiger partial charge in [-0.25, -0.2) is 4.90 Å². The predicted octanol–water partition coefficient (Wildman–Crippen LogP) is 3.59. The van der Waals surface area contributed by atoms with Gasteiger partial charge in [-0.2, -0.15) is 0 Å². The molecular weight excluding hydrogens is 362 g/mol. The average Bonchev–Trinajstić information content (AvgIpc) is 3.19. The van der Waals surface area contributed by atoms with Crippen LogP contribution in [0.2, 0.25) is 5.02 Å². The first kappa shape index (κ1) is 17.8.